The number of hydrogen-bond donors (Lipinski definition) is 1. The smallest absolute Gasteiger partial charge is 0.251 e. The summed E-state index contributed by atoms with van der Waals surface area (Å²) in [6, 6.07) is 13.4. The molecule has 120 valence electrons. The predicted octanol–water partition coefficient (Wildman–Crippen LogP) is 3.93. The second-order valence-corrected chi connectivity index (χ2v) is 6.44. The van der Waals surface area contributed by atoms with Gasteiger partial charge in [0.15, 0.2) is 0 Å². The molecule has 0 bridgehead atoms. The van der Waals surface area contributed by atoms with Crippen molar-refractivity contribution < 1.29 is 14.3 Å². The summed E-state index contributed by atoms with van der Waals surface area (Å²) >= 11 is 3.45. The van der Waals surface area contributed by atoms with Crippen molar-refractivity contribution >= 4 is 21.8 Å². The number of carbonyl (C=O) groups is 1. The minimum absolute atomic E-state index is 0.0435. The van der Waals surface area contributed by atoms with E-state index in [1.807, 2.05) is 30.3 Å². The lowest BCUT2D eigenvalue weighted by Gasteiger charge is -2.11. The Morgan fingerprint density at radius 1 is 1.26 bits per heavy atom. The second-order valence-electron chi connectivity index (χ2n) is 5.52. The molecule has 1 N–H and O–H groups in total. The zero-order valence-electron chi connectivity index (χ0n) is 12.8. The molecule has 0 aromatic heterocycles. The van der Waals surface area contributed by atoms with Gasteiger partial charge in [-0.1, -0.05) is 22.0 Å². The van der Waals surface area contributed by atoms with Crippen LogP contribution in [0.3, 0.4) is 0 Å². The van der Waals surface area contributed by atoms with Crippen molar-refractivity contribution in [1.29, 1.82) is 0 Å². The fourth-order valence-corrected chi connectivity index (χ4v) is 2.65. The predicted molar refractivity (Wildman–Crippen MR) is 92.0 cm³/mol. The molecule has 4 nitrogen and oxygen atoms in total. The summed E-state index contributed by atoms with van der Waals surface area (Å²) in [6.45, 7) is 0.371. The minimum atomic E-state index is -0.0435. The molecule has 2 aromatic rings. The second kappa shape index (κ2) is 7.04. The van der Waals surface area contributed by atoms with Gasteiger partial charge in [0.2, 0.25) is 0 Å². The Morgan fingerprint density at radius 3 is 2.83 bits per heavy atom. The van der Waals surface area contributed by atoms with Crippen molar-refractivity contribution in [2.24, 2.45) is 0 Å². The molecule has 3 rings (SSSR count). The van der Waals surface area contributed by atoms with E-state index < -0.39 is 0 Å². The SMILES string of the molecule is COc1ccc(Br)cc1COc1cccc(C(=O)NC2CC2)c1. The van der Waals surface area contributed by atoms with Crippen LogP contribution >= 0.6 is 15.9 Å². The number of benzene rings is 2. The average molecular weight is 376 g/mol. The van der Waals surface area contributed by atoms with Gasteiger partial charge >= 0.3 is 0 Å². The molecule has 1 aliphatic rings. The summed E-state index contributed by atoms with van der Waals surface area (Å²) in [6.07, 6.45) is 2.15. The van der Waals surface area contributed by atoms with Gasteiger partial charge in [0.1, 0.15) is 18.1 Å². The van der Waals surface area contributed by atoms with Crippen molar-refractivity contribution in [2.45, 2.75) is 25.5 Å². The molecule has 0 atom stereocenters. The molecular weight excluding hydrogens is 358 g/mol. The van der Waals surface area contributed by atoms with Crippen LogP contribution in [0.2, 0.25) is 0 Å². The summed E-state index contributed by atoms with van der Waals surface area (Å²) in [4.78, 5) is 12.1. The normalized spacial score (nSPS) is 13.5. The highest BCUT2D eigenvalue weighted by Crippen LogP contribution is 2.25. The van der Waals surface area contributed by atoms with Crippen LogP contribution in [-0.4, -0.2) is 19.1 Å². The number of amides is 1. The van der Waals surface area contributed by atoms with E-state index >= 15 is 0 Å². The first-order valence-corrected chi connectivity index (χ1v) is 8.31. The molecule has 0 unspecified atom stereocenters. The maximum Gasteiger partial charge on any atom is 0.251 e. The Bertz CT molecular complexity index is 713. The monoisotopic (exact) mass is 375 g/mol. The Hall–Kier alpha value is -2.01. The lowest BCUT2D eigenvalue weighted by atomic mass is 10.2. The molecule has 1 fully saturated rings. The van der Waals surface area contributed by atoms with Gasteiger partial charge in [0.25, 0.3) is 5.91 Å². The van der Waals surface area contributed by atoms with Gasteiger partial charge in [-0.15, -0.1) is 0 Å². The summed E-state index contributed by atoms with van der Waals surface area (Å²) in [5.74, 6) is 1.39. The first-order valence-electron chi connectivity index (χ1n) is 7.52. The average Bonchev–Trinajstić information content (AvgIpc) is 3.37. The van der Waals surface area contributed by atoms with Crippen LogP contribution < -0.4 is 14.8 Å². The summed E-state index contributed by atoms with van der Waals surface area (Å²) in [7, 11) is 1.63. The van der Waals surface area contributed by atoms with Crippen LogP contribution in [0.5, 0.6) is 11.5 Å². The molecule has 0 saturated heterocycles. The molecule has 2 aromatic carbocycles. The maximum absolute atomic E-state index is 12.1. The van der Waals surface area contributed by atoms with E-state index in [2.05, 4.69) is 21.2 Å². The molecule has 1 saturated carbocycles. The molecule has 0 radical (unpaired) electrons. The number of halogens is 1. The van der Waals surface area contributed by atoms with Crippen LogP contribution in [0, 0.1) is 0 Å². The van der Waals surface area contributed by atoms with Gasteiger partial charge in [-0.05, 0) is 49.2 Å². The van der Waals surface area contributed by atoms with E-state index in [1.54, 1.807) is 19.2 Å². The van der Waals surface area contributed by atoms with Crippen molar-refractivity contribution in [3.63, 3.8) is 0 Å². The lowest BCUT2D eigenvalue weighted by molar-refractivity contribution is 0.0950. The Kier molecular flexibility index (Phi) is 4.86. The largest absolute Gasteiger partial charge is 0.496 e. The highest BCUT2D eigenvalue weighted by molar-refractivity contribution is 9.10. The molecule has 5 heteroatoms. The van der Waals surface area contributed by atoms with Crippen molar-refractivity contribution in [2.75, 3.05) is 7.11 Å². The van der Waals surface area contributed by atoms with E-state index in [1.165, 1.54) is 0 Å². The minimum Gasteiger partial charge on any atom is -0.496 e. The van der Waals surface area contributed by atoms with Crippen molar-refractivity contribution in [1.82, 2.24) is 5.32 Å². The first kappa shape index (κ1) is 15.9. The number of hydrogen-bond acceptors (Lipinski definition) is 3. The number of nitrogens with one attached hydrogen (secondary N) is 1. The molecule has 23 heavy (non-hydrogen) atoms. The molecule has 0 heterocycles. The third kappa shape index (κ3) is 4.26. The van der Waals surface area contributed by atoms with Gasteiger partial charge < -0.3 is 14.8 Å². The highest BCUT2D eigenvalue weighted by Gasteiger charge is 2.23. The zero-order chi connectivity index (χ0) is 16.2. The number of methoxy groups -OCH3 is 1. The van der Waals surface area contributed by atoms with E-state index in [9.17, 15) is 4.79 Å². The number of ether oxygens (including phenoxy) is 2. The van der Waals surface area contributed by atoms with Crippen LogP contribution in [0.25, 0.3) is 0 Å². The standard InChI is InChI=1S/C18H18BrNO3/c1-22-17-8-5-14(19)9-13(17)11-23-16-4-2-3-12(10-16)18(21)20-15-6-7-15/h2-5,8-10,15H,6-7,11H2,1H3,(H,20,21). The van der Waals surface area contributed by atoms with Crippen LogP contribution in [-0.2, 0) is 6.61 Å². The zero-order valence-corrected chi connectivity index (χ0v) is 14.4. The topological polar surface area (TPSA) is 47.6 Å². The van der Waals surface area contributed by atoms with Crippen LogP contribution in [0.4, 0.5) is 0 Å². The summed E-state index contributed by atoms with van der Waals surface area (Å²) < 4.78 is 12.1. The van der Waals surface area contributed by atoms with Crippen molar-refractivity contribution in [3.05, 3.63) is 58.1 Å². The first-order chi connectivity index (χ1) is 11.2. The van der Waals surface area contributed by atoms with E-state index in [0.29, 0.717) is 24.0 Å². The van der Waals surface area contributed by atoms with Gasteiger partial charge in [-0.2, -0.15) is 0 Å². The lowest BCUT2D eigenvalue weighted by Crippen LogP contribution is -2.25. The van der Waals surface area contributed by atoms with Gasteiger partial charge in [0.05, 0.1) is 7.11 Å². The number of rotatable bonds is 6. The maximum atomic E-state index is 12.1. The Balaban J connectivity index is 1.68. The molecule has 0 aliphatic heterocycles. The van der Waals surface area contributed by atoms with Crippen LogP contribution in [0.15, 0.2) is 46.9 Å². The van der Waals surface area contributed by atoms with Crippen molar-refractivity contribution in [3.8, 4) is 11.5 Å². The molecule has 1 amide bonds. The number of carbonyl (C=O) groups excluding carboxylic acids is 1. The van der Waals surface area contributed by atoms with Gasteiger partial charge in [-0.25, -0.2) is 0 Å². The van der Waals surface area contributed by atoms with Crippen LogP contribution in [0.1, 0.15) is 28.8 Å². The molecule has 0 spiro atoms. The van der Waals surface area contributed by atoms with E-state index in [4.69, 9.17) is 9.47 Å². The third-order valence-electron chi connectivity index (χ3n) is 3.65. The Morgan fingerprint density at radius 2 is 2.09 bits per heavy atom. The molecule has 1 aliphatic carbocycles. The highest BCUT2D eigenvalue weighted by atomic mass is 79.9. The quantitative estimate of drug-likeness (QED) is 0.831. The van der Waals surface area contributed by atoms with E-state index in [0.717, 1.165) is 28.6 Å². The fourth-order valence-electron chi connectivity index (χ4n) is 2.24. The Labute approximate surface area is 143 Å². The summed E-state index contributed by atoms with van der Waals surface area (Å²) in [5.41, 5.74) is 1.56. The third-order valence-corrected chi connectivity index (χ3v) is 4.14. The molecular formula is C18H18BrNO3. The van der Waals surface area contributed by atoms with E-state index in [-0.39, 0.29) is 5.91 Å². The summed E-state index contributed by atoms with van der Waals surface area (Å²) in [5, 5.41) is 2.98. The fraction of sp³-hybridized carbons (Fsp3) is 0.278. The van der Waals surface area contributed by atoms with Gasteiger partial charge in [-0.3, -0.25) is 4.79 Å². The van der Waals surface area contributed by atoms with Gasteiger partial charge in [0, 0.05) is 21.6 Å².